The van der Waals surface area contributed by atoms with Crippen LogP contribution in [0.5, 0.6) is 0 Å². The molecule has 12 heteroatoms. The molecule has 1 fully saturated rings. The van der Waals surface area contributed by atoms with Crippen LogP contribution in [0, 0.1) is 5.92 Å². The number of nitrogens with one attached hydrogen (secondary N) is 1. The van der Waals surface area contributed by atoms with Crippen molar-refractivity contribution in [2.24, 2.45) is 5.92 Å². The Balaban J connectivity index is 0.00000576. The fourth-order valence-electron chi connectivity index (χ4n) is 2.22. The molecule has 2 atom stereocenters. The number of nitrogens with zero attached hydrogens (tertiary/aromatic N) is 1. The van der Waals surface area contributed by atoms with Gasteiger partial charge in [-0.15, -0.1) is 0 Å². The van der Waals surface area contributed by atoms with E-state index in [0.717, 1.165) is 4.90 Å². The van der Waals surface area contributed by atoms with Gasteiger partial charge in [-0.05, 0) is 5.92 Å². The standard InChI is InChI=1S/C13H18F5N3O3.ClH/c1-6(2)9(10(23)12(14,15)13(16,17)18)20-8(22)5-21-4-3-7(19)11(21)24;/h6-7,9H,3-5,19H2,1-2H3,(H,20,22);1H/t7-,9?;/m0./s1. The van der Waals surface area contributed by atoms with E-state index in [1.807, 2.05) is 5.32 Å². The number of carbonyl (C=O) groups is 3. The Labute approximate surface area is 146 Å². The average Bonchev–Trinajstić information content (AvgIpc) is 2.74. The van der Waals surface area contributed by atoms with Crippen molar-refractivity contribution in [2.45, 2.75) is 44.5 Å². The second kappa shape index (κ2) is 8.26. The van der Waals surface area contributed by atoms with E-state index in [4.69, 9.17) is 0 Å². The molecule has 1 heterocycles. The fraction of sp³-hybridized carbons (Fsp3) is 0.769. The van der Waals surface area contributed by atoms with Crippen molar-refractivity contribution < 1.29 is 54.5 Å². The lowest BCUT2D eigenvalue weighted by Gasteiger charge is -2.27. The maximum atomic E-state index is 13.2. The summed E-state index contributed by atoms with van der Waals surface area (Å²) in [6.45, 7) is 2.14. The van der Waals surface area contributed by atoms with E-state index < -0.39 is 54.2 Å². The zero-order chi connectivity index (χ0) is 18.9. The molecular weight excluding hydrogens is 377 g/mol. The molecule has 0 aromatic carbocycles. The topological polar surface area (TPSA) is 94.1 Å². The smallest absolute Gasteiger partial charge is 0.461 e. The monoisotopic (exact) mass is 395 g/mol. The third kappa shape index (κ3) is 5.24. The number of rotatable bonds is 6. The summed E-state index contributed by atoms with van der Waals surface area (Å²) in [6.07, 6.45) is -5.64. The number of carbonyl (C=O) groups excluding carboxylic acids is 3. The summed E-state index contributed by atoms with van der Waals surface area (Å²) in [5.41, 5.74) is 3.55. The van der Waals surface area contributed by atoms with E-state index in [2.05, 4.69) is 5.73 Å². The lowest BCUT2D eigenvalue weighted by molar-refractivity contribution is -0.401. The number of quaternary nitrogens is 1. The molecule has 146 valence electrons. The van der Waals surface area contributed by atoms with Gasteiger partial charge in [0.25, 0.3) is 5.91 Å². The number of Topliss-reactive ketones (excluding diaryl/α,β-unsaturated/α-hetero) is 1. The summed E-state index contributed by atoms with van der Waals surface area (Å²) in [7, 11) is 0. The van der Waals surface area contributed by atoms with Crippen molar-refractivity contribution in [1.29, 1.82) is 0 Å². The van der Waals surface area contributed by atoms with Crippen LogP contribution < -0.4 is 23.5 Å². The average molecular weight is 396 g/mol. The van der Waals surface area contributed by atoms with Crippen molar-refractivity contribution in [3.63, 3.8) is 0 Å². The van der Waals surface area contributed by atoms with Gasteiger partial charge >= 0.3 is 12.1 Å². The molecule has 0 aliphatic carbocycles. The van der Waals surface area contributed by atoms with E-state index in [0.29, 0.717) is 6.42 Å². The van der Waals surface area contributed by atoms with Crippen molar-refractivity contribution in [3.05, 3.63) is 0 Å². The summed E-state index contributed by atoms with van der Waals surface area (Å²) in [5.74, 6) is -10.4. The summed E-state index contributed by atoms with van der Waals surface area (Å²) >= 11 is 0. The largest absolute Gasteiger partial charge is 1.00 e. The minimum Gasteiger partial charge on any atom is -1.00 e. The number of amides is 2. The molecule has 0 radical (unpaired) electrons. The second-order valence-electron chi connectivity index (χ2n) is 5.97. The highest BCUT2D eigenvalue weighted by Crippen LogP contribution is 2.37. The van der Waals surface area contributed by atoms with Gasteiger partial charge in [0, 0.05) is 13.0 Å². The second-order valence-corrected chi connectivity index (χ2v) is 5.97. The molecule has 1 aliphatic rings. The number of likely N-dealkylation sites (tertiary alicyclic amines) is 1. The molecule has 0 bridgehead atoms. The predicted octanol–water partition coefficient (Wildman–Crippen LogP) is -3.26. The van der Waals surface area contributed by atoms with E-state index in [1.54, 1.807) is 0 Å². The summed E-state index contributed by atoms with van der Waals surface area (Å²) in [6, 6.07) is -2.56. The van der Waals surface area contributed by atoms with Crippen molar-refractivity contribution in [1.82, 2.24) is 10.2 Å². The predicted molar refractivity (Wildman–Crippen MR) is 70.7 cm³/mol. The van der Waals surface area contributed by atoms with E-state index in [1.165, 1.54) is 13.8 Å². The van der Waals surface area contributed by atoms with Crippen LogP contribution in [0.4, 0.5) is 22.0 Å². The van der Waals surface area contributed by atoms with Gasteiger partial charge in [0.1, 0.15) is 0 Å². The third-order valence-corrected chi connectivity index (χ3v) is 3.67. The molecule has 1 saturated heterocycles. The number of hydrogen-bond acceptors (Lipinski definition) is 3. The summed E-state index contributed by atoms with van der Waals surface area (Å²) in [4.78, 5) is 36.2. The van der Waals surface area contributed by atoms with Gasteiger partial charge in [-0.1, -0.05) is 13.8 Å². The molecular formula is C13H19ClF5N3O3. The van der Waals surface area contributed by atoms with Gasteiger partial charge in [0.15, 0.2) is 6.04 Å². The maximum Gasteiger partial charge on any atom is 0.461 e. The molecule has 0 aromatic rings. The van der Waals surface area contributed by atoms with Crippen molar-refractivity contribution in [2.75, 3.05) is 13.1 Å². The first-order valence-electron chi connectivity index (χ1n) is 7.19. The van der Waals surface area contributed by atoms with Crippen molar-refractivity contribution in [3.8, 4) is 0 Å². The van der Waals surface area contributed by atoms with Gasteiger partial charge in [-0.3, -0.25) is 14.4 Å². The van der Waals surface area contributed by atoms with Gasteiger partial charge in [-0.25, -0.2) is 0 Å². The molecule has 2 amide bonds. The van der Waals surface area contributed by atoms with Crippen LogP contribution in [0.1, 0.15) is 20.3 Å². The van der Waals surface area contributed by atoms with Crippen LogP contribution in [-0.4, -0.2) is 59.8 Å². The Morgan fingerprint density at radius 1 is 1.28 bits per heavy atom. The number of hydrogen-bond donors (Lipinski definition) is 2. The molecule has 0 spiro atoms. The van der Waals surface area contributed by atoms with Gasteiger partial charge in [-0.2, -0.15) is 22.0 Å². The van der Waals surface area contributed by atoms with Gasteiger partial charge in [0.2, 0.25) is 11.7 Å². The zero-order valence-corrected chi connectivity index (χ0v) is 14.3. The first-order valence-corrected chi connectivity index (χ1v) is 7.19. The lowest BCUT2D eigenvalue weighted by atomic mass is 9.95. The highest BCUT2D eigenvalue weighted by atomic mass is 35.5. The maximum absolute atomic E-state index is 13.2. The number of alkyl halides is 5. The van der Waals surface area contributed by atoms with Gasteiger partial charge < -0.3 is 28.4 Å². The first kappa shape index (κ1) is 23.5. The minimum absolute atomic E-state index is 0. The minimum atomic E-state index is -6.05. The molecule has 1 unspecified atom stereocenters. The van der Waals surface area contributed by atoms with E-state index >= 15 is 0 Å². The normalized spacial score (nSPS) is 19.6. The Kier molecular flexibility index (Phi) is 7.77. The molecule has 6 nitrogen and oxygen atoms in total. The Hall–Kier alpha value is -1.49. The quantitative estimate of drug-likeness (QED) is 0.462. The first-order chi connectivity index (χ1) is 10.8. The van der Waals surface area contributed by atoms with Gasteiger partial charge in [0.05, 0.1) is 12.6 Å². The Bertz CT molecular complexity index is 528. The zero-order valence-electron chi connectivity index (χ0n) is 13.5. The van der Waals surface area contributed by atoms with Crippen molar-refractivity contribution >= 4 is 17.6 Å². The van der Waals surface area contributed by atoms with Crippen LogP contribution >= 0.6 is 0 Å². The third-order valence-electron chi connectivity index (χ3n) is 3.67. The van der Waals surface area contributed by atoms with Crippen LogP contribution in [-0.2, 0) is 14.4 Å². The van der Waals surface area contributed by atoms with E-state index in [-0.39, 0.29) is 19.0 Å². The molecule has 0 saturated carbocycles. The van der Waals surface area contributed by atoms with Crippen LogP contribution in [0.2, 0.25) is 0 Å². The summed E-state index contributed by atoms with van der Waals surface area (Å²) in [5, 5.41) is 1.87. The van der Waals surface area contributed by atoms with E-state index in [9.17, 15) is 36.3 Å². The highest BCUT2D eigenvalue weighted by Gasteiger charge is 2.64. The Morgan fingerprint density at radius 3 is 2.16 bits per heavy atom. The lowest BCUT2D eigenvalue weighted by Crippen LogP contribution is -3.00. The molecule has 4 N–H and O–H groups in total. The fourth-order valence-corrected chi connectivity index (χ4v) is 2.22. The molecule has 0 aromatic heterocycles. The molecule has 25 heavy (non-hydrogen) atoms. The molecule has 1 rings (SSSR count). The molecule has 1 aliphatic heterocycles. The number of halogens is 6. The Morgan fingerprint density at radius 2 is 1.80 bits per heavy atom. The van der Waals surface area contributed by atoms with Crippen LogP contribution in [0.25, 0.3) is 0 Å². The number of ketones is 1. The SMILES string of the molecule is CC(C)C(NC(=O)CN1CC[C@H]([NH3+])C1=O)C(=O)C(F)(F)C(F)(F)F.[Cl-]. The van der Waals surface area contributed by atoms with Crippen LogP contribution in [0.3, 0.4) is 0 Å². The highest BCUT2D eigenvalue weighted by molar-refractivity contribution is 5.95. The summed E-state index contributed by atoms with van der Waals surface area (Å²) < 4.78 is 63.4. The van der Waals surface area contributed by atoms with Crippen LogP contribution in [0.15, 0.2) is 0 Å².